The van der Waals surface area contributed by atoms with Gasteiger partial charge in [0.2, 0.25) is 5.91 Å². The molecule has 0 saturated carbocycles. The Balaban J connectivity index is 1.82. The largest absolute Gasteiger partial charge is 0.477 e. The Kier molecular flexibility index (Phi) is 5.00. The van der Waals surface area contributed by atoms with Gasteiger partial charge in [-0.15, -0.1) is 0 Å². The molecule has 6 nitrogen and oxygen atoms in total. The lowest BCUT2D eigenvalue weighted by molar-refractivity contribution is -0.121. The summed E-state index contributed by atoms with van der Waals surface area (Å²) in [6.45, 7) is 0.227. The number of carbonyl (C=O) groups excluding carboxylic acids is 1. The summed E-state index contributed by atoms with van der Waals surface area (Å²) in [6.07, 6.45) is 1.32. The molecule has 0 unspecified atom stereocenters. The first kappa shape index (κ1) is 14.7. The van der Waals surface area contributed by atoms with E-state index < -0.39 is 5.97 Å². The van der Waals surface area contributed by atoms with E-state index in [2.05, 4.69) is 10.3 Å². The Bertz CT molecular complexity index is 629. The molecule has 0 radical (unpaired) electrons. The second kappa shape index (κ2) is 7.16. The molecule has 21 heavy (non-hydrogen) atoms. The number of amides is 1. The number of hydrogen-bond donors (Lipinski definition) is 2. The van der Waals surface area contributed by atoms with Crippen LogP contribution in [-0.4, -0.2) is 28.6 Å². The fraction of sp³-hybridized carbons (Fsp3) is 0.133. The highest BCUT2D eigenvalue weighted by atomic mass is 16.5. The molecule has 2 rings (SSSR count). The minimum Gasteiger partial charge on any atom is -0.477 e. The van der Waals surface area contributed by atoms with Gasteiger partial charge in [-0.1, -0.05) is 30.3 Å². The predicted molar refractivity (Wildman–Crippen MR) is 75.9 cm³/mol. The van der Waals surface area contributed by atoms with E-state index in [-0.39, 0.29) is 18.2 Å². The number of benzene rings is 1. The normalized spacial score (nSPS) is 10.1. The van der Waals surface area contributed by atoms with Gasteiger partial charge in [0.15, 0.2) is 0 Å². The van der Waals surface area contributed by atoms with E-state index in [0.717, 1.165) is 5.56 Å². The van der Waals surface area contributed by atoms with Crippen LogP contribution < -0.4 is 5.32 Å². The Morgan fingerprint density at radius 2 is 1.95 bits per heavy atom. The number of carboxylic acid groups (broad SMARTS) is 1. The zero-order chi connectivity index (χ0) is 15.1. The molecule has 1 heterocycles. The number of nitrogens with one attached hydrogen (secondary N) is 1. The van der Waals surface area contributed by atoms with E-state index in [4.69, 9.17) is 9.84 Å². The average molecular weight is 286 g/mol. The first-order valence-corrected chi connectivity index (χ1v) is 6.26. The van der Waals surface area contributed by atoms with Crippen molar-refractivity contribution in [3.63, 3.8) is 0 Å². The van der Waals surface area contributed by atoms with Crippen LogP contribution in [0.5, 0.6) is 0 Å². The van der Waals surface area contributed by atoms with E-state index in [0.29, 0.717) is 12.3 Å². The predicted octanol–water partition coefficient (Wildman–Crippen LogP) is 1.94. The maximum absolute atomic E-state index is 11.7. The van der Waals surface area contributed by atoms with E-state index in [1.165, 1.54) is 18.3 Å². The Hall–Kier alpha value is -2.73. The Morgan fingerprint density at radius 3 is 2.67 bits per heavy atom. The molecule has 1 amide bonds. The summed E-state index contributed by atoms with van der Waals surface area (Å²) >= 11 is 0. The number of nitrogens with zero attached hydrogens (tertiary/aromatic N) is 1. The van der Waals surface area contributed by atoms with Crippen LogP contribution in [0.4, 0.5) is 5.69 Å². The van der Waals surface area contributed by atoms with Crippen molar-refractivity contribution < 1.29 is 19.4 Å². The number of pyridine rings is 1. The van der Waals surface area contributed by atoms with Crippen molar-refractivity contribution in [2.45, 2.75) is 6.61 Å². The van der Waals surface area contributed by atoms with Crippen LogP contribution in [0.1, 0.15) is 16.1 Å². The van der Waals surface area contributed by atoms with Crippen molar-refractivity contribution >= 4 is 17.6 Å². The number of rotatable bonds is 6. The second-order valence-corrected chi connectivity index (χ2v) is 4.26. The molecule has 1 aromatic carbocycles. The van der Waals surface area contributed by atoms with Gasteiger partial charge in [0, 0.05) is 11.9 Å². The monoisotopic (exact) mass is 286 g/mol. The number of aromatic nitrogens is 1. The lowest BCUT2D eigenvalue weighted by atomic mass is 10.2. The fourth-order valence-corrected chi connectivity index (χ4v) is 1.66. The van der Waals surface area contributed by atoms with E-state index in [1.54, 1.807) is 0 Å². The third-order valence-corrected chi connectivity index (χ3v) is 2.61. The van der Waals surface area contributed by atoms with E-state index in [1.807, 2.05) is 30.3 Å². The molecule has 1 aromatic heterocycles. The first-order chi connectivity index (χ1) is 10.1. The molecular weight excluding hydrogens is 272 g/mol. The summed E-state index contributed by atoms with van der Waals surface area (Å²) in [5.41, 5.74) is 1.22. The van der Waals surface area contributed by atoms with Gasteiger partial charge < -0.3 is 15.2 Å². The van der Waals surface area contributed by atoms with Crippen molar-refractivity contribution in [2.24, 2.45) is 0 Å². The molecule has 0 fully saturated rings. The molecule has 0 atom stereocenters. The van der Waals surface area contributed by atoms with E-state index in [9.17, 15) is 9.59 Å². The Morgan fingerprint density at radius 1 is 1.19 bits per heavy atom. The third-order valence-electron chi connectivity index (χ3n) is 2.61. The average Bonchev–Trinajstić information content (AvgIpc) is 2.48. The zero-order valence-corrected chi connectivity index (χ0v) is 11.2. The number of carbonyl (C=O) groups is 2. The standard InChI is InChI=1S/C15H14N2O4/c18-14(10-21-9-11-4-2-1-3-5-11)17-12-6-7-16-13(8-12)15(19)20/h1-8H,9-10H2,(H,19,20)(H,16,17,18). The van der Waals surface area contributed by atoms with Gasteiger partial charge in [0.05, 0.1) is 6.61 Å². The zero-order valence-electron chi connectivity index (χ0n) is 11.2. The van der Waals surface area contributed by atoms with Crippen molar-refractivity contribution in [1.82, 2.24) is 4.98 Å². The first-order valence-electron chi connectivity index (χ1n) is 6.26. The maximum atomic E-state index is 11.7. The van der Waals surface area contributed by atoms with Crippen molar-refractivity contribution in [3.05, 3.63) is 59.9 Å². The summed E-state index contributed by atoms with van der Waals surface area (Å²) < 4.78 is 5.29. The molecule has 0 saturated heterocycles. The summed E-state index contributed by atoms with van der Waals surface area (Å²) in [4.78, 5) is 26.1. The minimum atomic E-state index is -1.15. The summed E-state index contributed by atoms with van der Waals surface area (Å²) in [6, 6.07) is 12.3. The van der Waals surface area contributed by atoms with Crippen LogP contribution in [-0.2, 0) is 16.1 Å². The molecule has 0 aliphatic heterocycles. The topological polar surface area (TPSA) is 88.5 Å². The third kappa shape index (κ3) is 4.70. The lowest BCUT2D eigenvalue weighted by Crippen LogP contribution is -2.18. The number of anilines is 1. The van der Waals surface area contributed by atoms with Crippen molar-refractivity contribution in [2.75, 3.05) is 11.9 Å². The van der Waals surface area contributed by atoms with Crippen LogP contribution in [0, 0.1) is 0 Å². The summed E-state index contributed by atoms with van der Waals surface area (Å²) in [5.74, 6) is -1.50. The molecule has 2 aromatic rings. The minimum absolute atomic E-state index is 0.111. The highest BCUT2D eigenvalue weighted by molar-refractivity contribution is 5.93. The van der Waals surface area contributed by atoms with Gasteiger partial charge in [-0.25, -0.2) is 9.78 Å². The Labute approximate surface area is 121 Å². The van der Waals surface area contributed by atoms with Gasteiger partial charge in [0.25, 0.3) is 0 Å². The van der Waals surface area contributed by atoms with Crippen LogP contribution in [0.3, 0.4) is 0 Å². The number of carboxylic acids is 1. The quantitative estimate of drug-likeness (QED) is 0.847. The molecular formula is C15H14N2O4. The molecule has 0 bridgehead atoms. The van der Waals surface area contributed by atoms with Gasteiger partial charge >= 0.3 is 5.97 Å². The molecule has 0 spiro atoms. The van der Waals surface area contributed by atoms with E-state index >= 15 is 0 Å². The van der Waals surface area contributed by atoms with Crippen molar-refractivity contribution in [1.29, 1.82) is 0 Å². The van der Waals surface area contributed by atoms with Crippen LogP contribution in [0.15, 0.2) is 48.7 Å². The number of ether oxygens (including phenoxy) is 1. The number of hydrogen-bond acceptors (Lipinski definition) is 4. The molecule has 0 aliphatic rings. The molecule has 2 N–H and O–H groups in total. The maximum Gasteiger partial charge on any atom is 0.354 e. The van der Waals surface area contributed by atoms with Crippen LogP contribution in [0.2, 0.25) is 0 Å². The molecule has 0 aliphatic carbocycles. The number of aromatic carboxylic acids is 1. The molecule has 6 heteroatoms. The second-order valence-electron chi connectivity index (χ2n) is 4.26. The fourth-order valence-electron chi connectivity index (χ4n) is 1.66. The SMILES string of the molecule is O=C(COCc1ccccc1)Nc1ccnc(C(=O)O)c1. The van der Waals surface area contributed by atoms with Gasteiger partial charge in [-0.05, 0) is 17.7 Å². The molecule has 108 valence electrons. The van der Waals surface area contributed by atoms with Gasteiger partial charge in [0.1, 0.15) is 12.3 Å². The highest BCUT2D eigenvalue weighted by Gasteiger charge is 2.07. The summed E-state index contributed by atoms with van der Waals surface area (Å²) in [7, 11) is 0. The van der Waals surface area contributed by atoms with Gasteiger partial charge in [-0.2, -0.15) is 0 Å². The van der Waals surface area contributed by atoms with Crippen molar-refractivity contribution in [3.8, 4) is 0 Å². The van der Waals surface area contributed by atoms with Crippen LogP contribution in [0.25, 0.3) is 0 Å². The highest BCUT2D eigenvalue weighted by Crippen LogP contribution is 2.08. The smallest absolute Gasteiger partial charge is 0.354 e. The van der Waals surface area contributed by atoms with Gasteiger partial charge in [-0.3, -0.25) is 4.79 Å². The lowest BCUT2D eigenvalue weighted by Gasteiger charge is -2.06. The van der Waals surface area contributed by atoms with Crippen LogP contribution >= 0.6 is 0 Å². The summed E-state index contributed by atoms with van der Waals surface area (Å²) in [5, 5.41) is 11.4.